The van der Waals surface area contributed by atoms with Crippen LogP contribution in [0.25, 0.3) is 0 Å². The van der Waals surface area contributed by atoms with Crippen molar-refractivity contribution in [2.24, 2.45) is 0 Å². The first-order valence-corrected chi connectivity index (χ1v) is 7.48. The maximum absolute atomic E-state index is 13.4. The third kappa shape index (κ3) is 4.20. The molecule has 0 fully saturated rings. The van der Waals surface area contributed by atoms with E-state index < -0.39 is 17.7 Å². The maximum atomic E-state index is 13.4. The summed E-state index contributed by atoms with van der Waals surface area (Å²) in [5.41, 5.74) is 0.276. The third-order valence-corrected chi connectivity index (χ3v) is 3.49. The molecule has 0 aliphatic carbocycles. The van der Waals surface area contributed by atoms with E-state index in [1.54, 1.807) is 38.1 Å². The summed E-state index contributed by atoms with van der Waals surface area (Å²) in [7, 11) is 0. The van der Waals surface area contributed by atoms with E-state index >= 15 is 0 Å². The van der Waals surface area contributed by atoms with Gasteiger partial charge in [-0.05, 0) is 44.2 Å². The molecule has 1 unspecified atom stereocenters. The number of benzene rings is 2. The molecule has 1 atom stereocenters. The van der Waals surface area contributed by atoms with Crippen LogP contribution in [0.5, 0.6) is 5.75 Å². The lowest BCUT2D eigenvalue weighted by Gasteiger charge is -2.25. The van der Waals surface area contributed by atoms with Crippen LogP contribution in [0.3, 0.4) is 0 Å². The van der Waals surface area contributed by atoms with Crippen LogP contribution in [0.15, 0.2) is 42.5 Å². The summed E-state index contributed by atoms with van der Waals surface area (Å²) < 4.78 is 32.0. The topological polar surface area (TPSA) is 29.5 Å². The molecule has 0 bridgehead atoms. The number of rotatable bonds is 5. The molecule has 0 aliphatic rings. The molecule has 0 spiro atoms. The maximum Gasteiger partial charge on any atom is 0.267 e. The largest absolute Gasteiger partial charge is 0.481 e. The normalized spacial score (nSPS) is 11.9. The number of halogens is 3. The summed E-state index contributed by atoms with van der Waals surface area (Å²) in [4.78, 5) is 13.8. The second kappa shape index (κ2) is 7.42. The van der Waals surface area contributed by atoms with Gasteiger partial charge >= 0.3 is 0 Å². The molecule has 0 aromatic heterocycles. The van der Waals surface area contributed by atoms with Crippen molar-refractivity contribution in [2.45, 2.75) is 20.0 Å². The summed E-state index contributed by atoms with van der Waals surface area (Å²) in [5.74, 6) is -1.86. The zero-order chi connectivity index (χ0) is 17.0. The Kier molecular flexibility index (Phi) is 5.55. The van der Waals surface area contributed by atoms with Crippen LogP contribution in [0.4, 0.5) is 14.5 Å². The molecule has 6 heteroatoms. The Hall–Kier alpha value is -2.14. The monoisotopic (exact) mass is 339 g/mol. The van der Waals surface area contributed by atoms with Crippen LogP contribution in [0.2, 0.25) is 5.02 Å². The molecule has 2 rings (SSSR count). The summed E-state index contributed by atoms with van der Waals surface area (Å²) in [6.45, 7) is 3.63. The van der Waals surface area contributed by atoms with Gasteiger partial charge in [-0.3, -0.25) is 4.79 Å². The van der Waals surface area contributed by atoms with Gasteiger partial charge in [0.2, 0.25) is 0 Å². The first-order chi connectivity index (χ1) is 10.9. The van der Waals surface area contributed by atoms with Gasteiger partial charge in [-0.25, -0.2) is 8.78 Å². The van der Waals surface area contributed by atoms with E-state index in [0.29, 0.717) is 17.3 Å². The van der Waals surface area contributed by atoms with E-state index in [4.69, 9.17) is 16.3 Å². The van der Waals surface area contributed by atoms with E-state index in [1.165, 1.54) is 11.0 Å². The minimum absolute atomic E-state index is 0.276. The van der Waals surface area contributed by atoms with Crippen molar-refractivity contribution in [2.75, 3.05) is 11.4 Å². The first kappa shape index (κ1) is 17.2. The Morgan fingerprint density at radius 2 is 1.96 bits per heavy atom. The second-order valence-electron chi connectivity index (χ2n) is 4.90. The number of carbonyl (C=O) groups is 1. The predicted octanol–water partition coefficient (Wildman–Crippen LogP) is 4.44. The lowest BCUT2D eigenvalue weighted by atomic mass is 10.2. The molecule has 2 aromatic carbocycles. The number of hydrogen-bond acceptors (Lipinski definition) is 2. The minimum atomic E-state index is -1.00. The van der Waals surface area contributed by atoms with E-state index in [9.17, 15) is 13.6 Å². The quantitative estimate of drug-likeness (QED) is 0.806. The Bertz CT molecular complexity index is 709. The van der Waals surface area contributed by atoms with Gasteiger partial charge in [-0.2, -0.15) is 0 Å². The number of carbonyl (C=O) groups excluding carboxylic acids is 1. The fraction of sp³-hybridized carbons (Fsp3) is 0.235. The summed E-state index contributed by atoms with van der Waals surface area (Å²) in [6.07, 6.45) is -0.804. The van der Waals surface area contributed by atoms with E-state index in [-0.39, 0.29) is 11.6 Å². The SMILES string of the molecule is CCN(C(=O)C(C)Oc1cccc(Cl)c1)c1ccc(F)c(F)c1. The van der Waals surface area contributed by atoms with Gasteiger partial charge in [0.1, 0.15) is 5.75 Å². The number of hydrogen-bond donors (Lipinski definition) is 0. The van der Waals surface area contributed by atoms with Gasteiger partial charge in [-0.1, -0.05) is 17.7 Å². The molecule has 0 heterocycles. The average Bonchev–Trinajstić information content (AvgIpc) is 2.51. The van der Waals surface area contributed by atoms with Crippen LogP contribution < -0.4 is 9.64 Å². The van der Waals surface area contributed by atoms with Crippen molar-refractivity contribution in [1.29, 1.82) is 0 Å². The molecule has 0 aliphatic heterocycles. The van der Waals surface area contributed by atoms with Crippen LogP contribution >= 0.6 is 11.6 Å². The average molecular weight is 340 g/mol. The van der Waals surface area contributed by atoms with Crippen molar-refractivity contribution in [3.63, 3.8) is 0 Å². The molecule has 2 aromatic rings. The number of amides is 1. The number of ether oxygens (including phenoxy) is 1. The lowest BCUT2D eigenvalue weighted by molar-refractivity contribution is -0.124. The van der Waals surface area contributed by atoms with Crippen molar-refractivity contribution in [3.8, 4) is 5.75 Å². The smallest absolute Gasteiger partial charge is 0.267 e. The van der Waals surface area contributed by atoms with Gasteiger partial charge in [0.15, 0.2) is 17.7 Å². The predicted molar refractivity (Wildman–Crippen MR) is 85.9 cm³/mol. The minimum Gasteiger partial charge on any atom is -0.481 e. The molecule has 23 heavy (non-hydrogen) atoms. The van der Waals surface area contributed by atoms with Crippen LogP contribution in [0, 0.1) is 11.6 Å². The van der Waals surface area contributed by atoms with Gasteiger partial charge in [0.25, 0.3) is 5.91 Å². The van der Waals surface area contributed by atoms with Gasteiger partial charge in [-0.15, -0.1) is 0 Å². The molecule has 0 saturated carbocycles. The standard InChI is InChI=1S/C17H16ClF2NO2/c1-3-21(13-7-8-15(19)16(20)10-13)17(22)11(2)23-14-6-4-5-12(18)9-14/h4-11H,3H2,1-2H3. The van der Waals surface area contributed by atoms with E-state index in [0.717, 1.165) is 12.1 Å². The van der Waals surface area contributed by atoms with Gasteiger partial charge in [0, 0.05) is 23.3 Å². The molecule has 0 N–H and O–H groups in total. The van der Waals surface area contributed by atoms with E-state index in [1.807, 2.05) is 0 Å². The third-order valence-electron chi connectivity index (χ3n) is 3.25. The summed E-state index contributed by atoms with van der Waals surface area (Å²) >= 11 is 5.87. The van der Waals surface area contributed by atoms with Crippen molar-refractivity contribution < 1.29 is 18.3 Å². The van der Waals surface area contributed by atoms with Crippen molar-refractivity contribution >= 4 is 23.2 Å². The summed E-state index contributed by atoms with van der Waals surface area (Å²) in [5, 5.41) is 0.495. The highest BCUT2D eigenvalue weighted by Gasteiger charge is 2.23. The first-order valence-electron chi connectivity index (χ1n) is 7.11. The number of anilines is 1. The molecule has 0 saturated heterocycles. The Morgan fingerprint density at radius 3 is 2.57 bits per heavy atom. The Morgan fingerprint density at radius 1 is 1.22 bits per heavy atom. The van der Waals surface area contributed by atoms with Gasteiger partial charge < -0.3 is 9.64 Å². The fourth-order valence-electron chi connectivity index (χ4n) is 2.13. The number of likely N-dealkylation sites (N-methyl/N-ethyl adjacent to an activating group) is 1. The van der Waals surface area contributed by atoms with Crippen LogP contribution in [-0.2, 0) is 4.79 Å². The fourth-order valence-corrected chi connectivity index (χ4v) is 2.31. The van der Waals surface area contributed by atoms with Crippen LogP contribution in [0.1, 0.15) is 13.8 Å². The van der Waals surface area contributed by atoms with E-state index in [2.05, 4.69) is 0 Å². The lowest BCUT2D eigenvalue weighted by Crippen LogP contribution is -2.40. The van der Waals surface area contributed by atoms with Crippen molar-refractivity contribution in [3.05, 3.63) is 59.1 Å². The second-order valence-corrected chi connectivity index (χ2v) is 5.33. The van der Waals surface area contributed by atoms with Gasteiger partial charge in [0.05, 0.1) is 0 Å². The molecule has 3 nitrogen and oxygen atoms in total. The Labute approximate surface area is 138 Å². The zero-order valence-electron chi connectivity index (χ0n) is 12.7. The van der Waals surface area contributed by atoms with Crippen molar-refractivity contribution in [1.82, 2.24) is 0 Å². The number of nitrogens with zero attached hydrogens (tertiary/aromatic N) is 1. The summed E-state index contributed by atoms with van der Waals surface area (Å²) in [6, 6.07) is 10.0. The Balaban J connectivity index is 2.16. The molecular weight excluding hydrogens is 324 g/mol. The highest BCUT2D eigenvalue weighted by molar-refractivity contribution is 6.30. The van der Waals surface area contributed by atoms with Crippen LogP contribution in [-0.4, -0.2) is 18.6 Å². The molecule has 0 radical (unpaired) electrons. The highest BCUT2D eigenvalue weighted by Crippen LogP contribution is 2.22. The molecular formula is C17H16ClF2NO2. The highest BCUT2D eigenvalue weighted by atomic mass is 35.5. The zero-order valence-corrected chi connectivity index (χ0v) is 13.5. The molecule has 122 valence electrons. The molecule has 1 amide bonds.